The van der Waals surface area contributed by atoms with Crippen LogP contribution in [-0.2, 0) is 16.0 Å². The van der Waals surface area contributed by atoms with Crippen molar-refractivity contribution in [2.24, 2.45) is 5.73 Å². The summed E-state index contributed by atoms with van der Waals surface area (Å²) in [6.07, 6.45) is 0.906. The van der Waals surface area contributed by atoms with Crippen molar-refractivity contribution in [3.8, 4) is 0 Å². The maximum atomic E-state index is 12.4. The van der Waals surface area contributed by atoms with Crippen molar-refractivity contribution in [2.45, 2.75) is 36.9 Å². The number of amides is 1. The first-order valence-electron chi connectivity index (χ1n) is 8.19. The second kappa shape index (κ2) is 7.84. The molecule has 1 amide bonds. The first-order valence-corrected chi connectivity index (χ1v) is 8.19. The summed E-state index contributed by atoms with van der Waals surface area (Å²) >= 11 is 0. The molecule has 0 spiro atoms. The van der Waals surface area contributed by atoms with Gasteiger partial charge in [-0.3, -0.25) is 19.1 Å². The van der Waals surface area contributed by atoms with Crippen LogP contribution >= 0.6 is 0 Å². The summed E-state index contributed by atoms with van der Waals surface area (Å²) in [4.78, 5) is 44.5. The Hall–Kier alpha value is -2.80. The van der Waals surface area contributed by atoms with Gasteiger partial charge in [-0.1, -0.05) is 0 Å². The zero-order chi connectivity index (χ0) is 19.6. The Morgan fingerprint density at radius 1 is 1.48 bits per heavy atom. The molecule has 1 saturated heterocycles. The van der Waals surface area contributed by atoms with E-state index in [2.05, 4.69) is 20.3 Å². The molecular formula is C15H20N6O6. The Morgan fingerprint density at radius 2 is 2.26 bits per heavy atom. The number of nitrogens with one attached hydrogen (secondary N) is 3. The number of nitrogens with zero attached hydrogens (tertiary/aromatic N) is 2. The van der Waals surface area contributed by atoms with Gasteiger partial charge in [0.2, 0.25) is 5.91 Å². The van der Waals surface area contributed by atoms with Gasteiger partial charge in [0, 0.05) is 30.6 Å². The molecule has 3 unspecified atom stereocenters. The highest BCUT2D eigenvalue weighted by atomic mass is 16.5. The van der Waals surface area contributed by atoms with Gasteiger partial charge < -0.3 is 31.0 Å². The van der Waals surface area contributed by atoms with Gasteiger partial charge in [0.1, 0.15) is 18.2 Å². The average molecular weight is 380 g/mol. The smallest absolute Gasteiger partial charge is 0.330 e. The standard InChI is InChI=1S/C15H20N6O6/c16-8(3-7-4-17-6-18-7)13(25)20-11-12(24)9(5-22)27-14(11)21-2-1-10(23)19-15(21)26/h1-2,4,6,8-9,11-12,14,22,24H,3,5,16H2,(H,17,18)(H,20,25)(H,19,23,26)/t8?,9-,11?,12?,14-/m1/s1. The molecule has 7 N–H and O–H groups in total. The predicted octanol–water partition coefficient (Wildman–Crippen LogP) is -3.43. The van der Waals surface area contributed by atoms with Crippen LogP contribution in [0.15, 0.2) is 34.4 Å². The summed E-state index contributed by atoms with van der Waals surface area (Å²) in [6, 6.07) is -0.906. The van der Waals surface area contributed by atoms with E-state index in [0.717, 1.165) is 10.6 Å². The molecule has 0 radical (unpaired) electrons. The molecule has 12 heteroatoms. The summed E-state index contributed by atoms with van der Waals surface area (Å²) in [5.41, 5.74) is 5.16. The largest absolute Gasteiger partial charge is 0.394 e. The zero-order valence-electron chi connectivity index (χ0n) is 14.1. The van der Waals surface area contributed by atoms with E-state index >= 15 is 0 Å². The Labute approximate surface area is 152 Å². The molecule has 146 valence electrons. The van der Waals surface area contributed by atoms with Gasteiger partial charge in [-0.25, -0.2) is 9.78 Å². The van der Waals surface area contributed by atoms with Gasteiger partial charge in [-0.2, -0.15) is 0 Å². The minimum atomic E-state index is -1.29. The number of carbonyl (C=O) groups excluding carboxylic acids is 1. The number of aromatic nitrogens is 4. The Bertz CT molecular complexity index is 893. The fourth-order valence-corrected chi connectivity index (χ4v) is 2.92. The topological polar surface area (TPSA) is 188 Å². The normalized spacial score (nSPS) is 26.0. The first kappa shape index (κ1) is 19.0. The molecule has 2 aromatic heterocycles. The molecule has 2 aromatic rings. The third kappa shape index (κ3) is 3.98. The fraction of sp³-hybridized carbons (Fsp3) is 0.467. The third-order valence-electron chi connectivity index (χ3n) is 4.32. The van der Waals surface area contributed by atoms with E-state index in [9.17, 15) is 24.6 Å². The zero-order valence-corrected chi connectivity index (χ0v) is 14.1. The number of carbonyl (C=O) groups is 1. The van der Waals surface area contributed by atoms with Gasteiger partial charge in [0.25, 0.3) is 5.56 Å². The highest BCUT2D eigenvalue weighted by Gasteiger charge is 2.45. The molecule has 0 bridgehead atoms. The summed E-state index contributed by atoms with van der Waals surface area (Å²) < 4.78 is 6.52. The Morgan fingerprint density at radius 3 is 2.89 bits per heavy atom. The van der Waals surface area contributed by atoms with Gasteiger partial charge in [0.05, 0.1) is 19.0 Å². The number of hydrogen-bond acceptors (Lipinski definition) is 8. The Balaban J connectivity index is 1.80. The second-order valence-electron chi connectivity index (χ2n) is 6.18. The van der Waals surface area contributed by atoms with Gasteiger partial charge in [-0.15, -0.1) is 0 Å². The van der Waals surface area contributed by atoms with Crippen molar-refractivity contribution in [2.75, 3.05) is 6.61 Å². The molecule has 1 fully saturated rings. The lowest BCUT2D eigenvalue weighted by Gasteiger charge is -2.24. The molecule has 27 heavy (non-hydrogen) atoms. The van der Waals surface area contributed by atoms with Crippen molar-refractivity contribution in [1.82, 2.24) is 24.8 Å². The van der Waals surface area contributed by atoms with Crippen LogP contribution in [-0.4, -0.2) is 66.5 Å². The number of rotatable bonds is 6. The maximum Gasteiger partial charge on any atom is 0.330 e. The predicted molar refractivity (Wildman–Crippen MR) is 90.5 cm³/mol. The number of H-pyrrole nitrogens is 2. The van der Waals surface area contributed by atoms with Crippen LogP contribution in [0.5, 0.6) is 0 Å². The van der Waals surface area contributed by atoms with Crippen molar-refractivity contribution in [3.63, 3.8) is 0 Å². The molecule has 12 nitrogen and oxygen atoms in total. The lowest BCUT2D eigenvalue weighted by Crippen LogP contribution is -2.53. The van der Waals surface area contributed by atoms with Crippen LogP contribution < -0.4 is 22.3 Å². The number of nitrogens with two attached hydrogens (primary N) is 1. The summed E-state index contributed by atoms with van der Waals surface area (Å²) in [5, 5.41) is 22.3. The minimum absolute atomic E-state index is 0.183. The van der Waals surface area contributed by atoms with Crippen molar-refractivity contribution in [3.05, 3.63) is 51.3 Å². The molecule has 0 aliphatic carbocycles. The molecule has 3 heterocycles. The minimum Gasteiger partial charge on any atom is -0.394 e. The van der Waals surface area contributed by atoms with Gasteiger partial charge in [-0.05, 0) is 0 Å². The van der Waals surface area contributed by atoms with Crippen molar-refractivity contribution >= 4 is 5.91 Å². The van der Waals surface area contributed by atoms with Crippen LogP contribution in [0.2, 0.25) is 0 Å². The third-order valence-corrected chi connectivity index (χ3v) is 4.32. The van der Waals surface area contributed by atoms with Gasteiger partial charge >= 0.3 is 5.69 Å². The molecular weight excluding hydrogens is 360 g/mol. The van der Waals surface area contributed by atoms with E-state index in [1.807, 2.05) is 0 Å². The number of hydrogen-bond donors (Lipinski definition) is 6. The number of ether oxygens (including phenoxy) is 1. The number of aliphatic hydroxyl groups excluding tert-OH is 2. The van der Waals surface area contributed by atoms with Gasteiger partial charge in [0.15, 0.2) is 6.23 Å². The number of imidazole rings is 1. The van der Waals surface area contributed by atoms with E-state index < -0.39 is 54.3 Å². The van der Waals surface area contributed by atoms with Crippen molar-refractivity contribution < 1.29 is 19.7 Å². The monoisotopic (exact) mass is 380 g/mol. The Kier molecular flexibility index (Phi) is 5.51. The molecule has 1 aliphatic heterocycles. The highest BCUT2D eigenvalue weighted by molar-refractivity contribution is 5.82. The van der Waals surface area contributed by atoms with E-state index in [0.29, 0.717) is 5.69 Å². The molecule has 0 aromatic carbocycles. The van der Waals surface area contributed by atoms with Crippen LogP contribution in [0.1, 0.15) is 11.9 Å². The molecule has 0 saturated carbocycles. The van der Waals surface area contributed by atoms with Crippen LogP contribution in [0.25, 0.3) is 0 Å². The van der Waals surface area contributed by atoms with Crippen LogP contribution in [0.3, 0.4) is 0 Å². The summed E-state index contributed by atoms with van der Waals surface area (Å²) in [5.74, 6) is -0.585. The fourth-order valence-electron chi connectivity index (χ4n) is 2.92. The second-order valence-corrected chi connectivity index (χ2v) is 6.18. The summed E-state index contributed by atoms with van der Waals surface area (Å²) in [6.45, 7) is -0.525. The van der Waals surface area contributed by atoms with Crippen LogP contribution in [0, 0.1) is 0 Å². The SMILES string of the molecule is NC(Cc1cnc[nH]1)C(=O)NC1C(O)[C@@H](CO)O[C@H]1n1ccc(=O)[nH]c1=O. The molecule has 5 atom stereocenters. The van der Waals surface area contributed by atoms with Crippen molar-refractivity contribution in [1.29, 1.82) is 0 Å². The van der Waals surface area contributed by atoms with E-state index in [-0.39, 0.29) is 6.42 Å². The lowest BCUT2D eigenvalue weighted by atomic mass is 10.1. The van der Waals surface area contributed by atoms with E-state index in [1.165, 1.54) is 18.7 Å². The van der Waals surface area contributed by atoms with E-state index in [1.54, 1.807) is 0 Å². The quantitative estimate of drug-likeness (QED) is 0.298. The van der Waals surface area contributed by atoms with Crippen LogP contribution in [0.4, 0.5) is 0 Å². The first-order chi connectivity index (χ1) is 12.9. The summed E-state index contributed by atoms with van der Waals surface area (Å²) in [7, 11) is 0. The average Bonchev–Trinajstić information content (AvgIpc) is 3.24. The highest BCUT2D eigenvalue weighted by Crippen LogP contribution is 2.28. The maximum absolute atomic E-state index is 12.4. The molecule has 3 rings (SSSR count). The lowest BCUT2D eigenvalue weighted by molar-refractivity contribution is -0.124. The molecule has 1 aliphatic rings. The number of aromatic amines is 2. The number of aliphatic hydroxyl groups is 2. The van der Waals surface area contributed by atoms with E-state index in [4.69, 9.17) is 10.5 Å².